The molecule has 0 bridgehead atoms. The van der Waals surface area contributed by atoms with Gasteiger partial charge < -0.3 is 29.6 Å². The van der Waals surface area contributed by atoms with Crippen molar-refractivity contribution < 1.29 is 24.1 Å². The van der Waals surface area contributed by atoms with E-state index in [1.807, 2.05) is 85.9 Å². The van der Waals surface area contributed by atoms with E-state index >= 15 is 0 Å². The van der Waals surface area contributed by atoms with Crippen molar-refractivity contribution in [2.45, 2.75) is 19.4 Å². The smallest absolute Gasteiger partial charge is 0.252 e. The van der Waals surface area contributed by atoms with E-state index in [2.05, 4.69) is 10.3 Å². The zero-order chi connectivity index (χ0) is 27.8. The highest BCUT2D eigenvalue weighted by Gasteiger charge is 2.19. The zero-order valence-electron chi connectivity index (χ0n) is 22.7. The Hall–Kier alpha value is -4.49. The van der Waals surface area contributed by atoms with Crippen LogP contribution < -0.4 is 5.32 Å². The maximum Gasteiger partial charge on any atom is 0.252 e. The van der Waals surface area contributed by atoms with Gasteiger partial charge in [0.25, 0.3) is 5.91 Å². The Kier molecular flexibility index (Phi) is 9.07. The Bertz CT molecular complexity index is 1550. The molecule has 1 atom stereocenters. The van der Waals surface area contributed by atoms with Crippen molar-refractivity contribution in [3.05, 3.63) is 113 Å². The number of carbonyl (C=O) groups is 1. The molecule has 39 heavy (non-hydrogen) atoms. The number of hydrogen-bond donors (Lipinski definition) is 3. The van der Waals surface area contributed by atoms with Crippen LogP contribution >= 0.6 is 0 Å². The molecular weight excluding hydrogens is 492 g/mol. The van der Waals surface area contributed by atoms with Crippen molar-refractivity contribution in [3.63, 3.8) is 0 Å². The van der Waals surface area contributed by atoms with Crippen LogP contribution in [0.1, 0.15) is 28.4 Å². The van der Waals surface area contributed by atoms with Gasteiger partial charge in [-0.2, -0.15) is 0 Å². The lowest BCUT2D eigenvalue weighted by Crippen LogP contribution is -2.39. The topological polar surface area (TPSA) is 92.8 Å². The summed E-state index contributed by atoms with van der Waals surface area (Å²) in [6.07, 6.45) is 7.62. The first-order valence-electron chi connectivity index (χ1n) is 12.7. The number of aromatic nitrogens is 1. The molecular formula is C32H34N2O5. The highest BCUT2D eigenvalue weighted by atomic mass is 16.5. The molecule has 0 fully saturated rings. The lowest BCUT2D eigenvalue weighted by atomic mass is 9.95. The Morgan fingerprint density at radius 2 is 1.74 bits per heavy atom. The van der Waals surface area contributed by atoms with Crippen molar-refractivity contribution in [1.82, 2.24) is 10.3 Å². The number of aromatic amines is 1. The van der Waals surface area contributed by atoms with E-state index in [9.17, 15) is 9.90 Å². The lowest BCUT2D eigenvalue weighted by Gasteiger charge is -2.18. The predicted octanol–water partition coefficient (Wildman–Crippen LogP) is 5.72. The number of fused-ring (bicyclic) bond motifs is 2. The minimum atomic E-state index is -0.463. The largest absolute Gasteiger partial charge is 0.501 e. The summed E-state index contributed by atoms with van der Waals surface area (Å²) in [6.45, 7) is 1.66. The van der Waals surface area contributed by atoms with Crippen molar-refractivity contribution >= 4 is 33.2 Å². The molecule has 4 rings (SSSR count). The van der Waals surface area contributed by atoms with E-state index in [-0.39, 0.29) is 12.5 Å². The molecule has 4 aromatic rings. The third-order valence-corrected chi connectivity index (χ3v) is 6.58. The van der Waals surface area contributed by atoms with E-state index < -0.39 is 6.04 Å². The molecule has 0 aliphatic rings. The van der Waals surface area contributed by atoms with Gasteiger partial charge in [0.15, 0.2) is 5.76 Å². The number of nitrogens with one attached hydrogen (secondary N) is 2. The van der Waals surface area contributed by atoms with Crippen LogP contribution in [0.15, 0.2) is 96.8 Å². The van der Waals surface area contributed by atoms with Crippen LogP contribution in [0.2, 0.25) is 0 Å². The molecule has 0 saturated heterocycles. The van der Waals surface area contributed by atoms with Gasteiger partial charge in [-0.15, -0.1) is 0 Å². The average Bonchev–Trinajstić information content (AvgIpc) is 3.37. The molecule has 0 spiro atoms. The number of rotatable bonds is 11. The maximum absolute atomic E-state index is 13.7. The number of methoxy groups -OCH3 is 3. The number of benzene rings is 3. The minimum Gasteiger partial charge on any atom is -0.501 e. The summed E-state index contributed by atoms with van der Waals surface area (Å²) in [5, 5.41) is 16.0. The van der Waals surface area contributed by atoms with Crippen LogP contribution in [0.4, 0.5) is 0 Å². The highest BCUT2D eigenvalue weighted by Crippen LogP contribution is 2.28. The molecule has 1 amide bonds. The minimum absolute atomic E-state index is 0.192. The number of carbonyl (C=O) groups excluding carboxylic acids is 1. The van der Waals surface area contributed by atoms with Crippen LogP contribution in [0.25, 0.3) is 27.2 Å². The summed E-state index contributed by atoms with van der Waals surface area (Å²) in [6, 6.07) is 19.1. The number of allylic oxidation sites excluding steroid dienone is 4. The van der Waals surface area contributed by atoms with Crippen molar-refractivity contribution in [2.24, 2.45) is 0 Å². The maximum atomic E-state index is 13.7. The predicted molar refractivity (Wildman–Crippen MR) is 155 cm³/mol. The fraction of sp³-hybridized carbons (Fsp3) is 0.219. The van der Waals surface area contributed by atoms with Crippen LogP contribution in [-0.2, 0) is 20.6 Å². The van der Waals surface area contributed by atoms with E-state index in [0.29, 0.717) is 23.5 Å². The Morgan fingerprint density at radius 1 is 1.00 bits per heavy atom. The summed E-state index contributed by atoms with van der Waals surface area (Å²) in [5.74, 6) is 0.927. The van der Waals surface area contributed by atoms with Gasteiger partial charge in [-0.1, -0.05) is 42.5 Å². The number of hydrogen-bond acceptors (Lipinski definition) is 5. The number of amides is 1. The van der Waals surface area contributed by atoms with E-state index in [1.165, 1.54) is 6.26 Å². The Morgan fingerprint density at radius 3 is 2.46 bits per heavy atom. The van der Waals surface area contributed by atoms with Gasteiger partial charge in [0.05, 0.1) is 39.7 Å². The van der Waals surface area contributed by atoms with Gasteiger partial charge in [0.2, 0.25) is 0 Å². The van der Waals surface area contributed by atoms with Gasteiger partial charge in [-0.3, -0.25) is 4.79 Å². The normalized spacial score (nSPS) is 13.4. The number of ether oxygens (including phenoxy) is 3. The second kappa shape index (κ2) is 12.8. The van der Waals surface area contributed by atoms with Gasteiger partial charge in [0, 0.05) is 22.7 Å². The van der Waals surface area contributed by atoms with Gasteiger partial charge in [-0.25, -0.2) is 0 Å². The Balaban J connectivity index is 1.73. The van der Waals surface area contributed by atoms with Crippen LogP contribution in [0.5, 0.6) is 0 Å². The summed E-state index contributed by atoms with van der Waals surface area (Å²) in [5.41, 5.74) is 4.13. The van der Waals surface area contributed by atoms with Crippen molar-refractivity contribution in [1.29, 1.82) is 0 Å². The van der Waals surface area contributed by atoms with Crippen LogP contribution in [0, 0.1) is 0 Å². The monoisotopic (exact) mass is 526 g/mol. The molecule has 1 heterocycles. The summed E-state index contributed by atoms with van der Waals surface area (Å²) in [4.78, 5) is 17.0. The number of para-hydroxylation sites is 1. The lowest BCUT2D eigenvalue weighted by molar-refractivity contribution is 0.0918. The summed E-state index contributed by atoms with van der Waals surface area (Å²) in [7, 11) is 4.72. The first-order valence-corrected chi connectivity index (χ1v) is 12.7. The van der Waals surface area contributed by atoms with E-state index in [4.69, 9.17) is 14.2 Å². The molecule has 1 unspecified atom stereocenters. The second-order valence-corrected chi connectivity index (χ2v) is 9.18. The first kappa shape index (κ1) is 27.5. The van der Waals surface area contributed by atoms with E-state index in [0.717, 1.165) is 38.4 Å². The molecule has 3 aromatic carbocycles. The zero-order valence-corrected chi connectivity index (χ0v) is 22.7. The third kappa shape index (κ3) is 6.51. The first-order chi connectivity index (χ1) is 19.0. The fourth-order valence-electron chi connectivity index (χ4n) is 4.55. The molecule has 0 aliphatic carbocycles. The number of aliphatic hydroxyl groups excluding tert-OH is 1. The van der Waals surface area contributed by atoms with Crippen LogP contribution in [0.3, 0.4) is 0 Å². The standard InChI is InChI=1S/C32H34N2O5/c1-21(38-3)13-23(16-27(39-4)20-37-2)24-14-22-9-5-6-10-28(22)30(17-24)32(36)34-26(19-35)15-25-18-33-31-12-8-7-11-29(25)31/h5-14,16-18,20,26,33,35H,15,19H2,1-4H3,(H,34,36)/b21-13+,23-16+,27-20-. The molecule has 1 aromatic heterocycles. The molecule has 0 radical (unpaired) electrons. The molecule has 7 heteroatoms. The summed E-state index contributed by atoms with van der Waals surface area (Å²) >= 11 is 0. The molecule has 7 nitrogen and oxygen atoms in total. The van der Waals surface area contributed by atoms with Gasteiger partial charge in [-0.05, 0) is 71.2 Å². The Labute approximate surface area is 228 Å². The average molecular weight is 527 g/mol. The number of H-pyrrole nitrogens is 1. The van der Waals surface area contributed by atoms with Crippen LogP contribution in [-0.4, -0.2) is 50.0 Å². The molecule has 3 N–H and O–H groups in total. The third-order valence-electron chi connectivity index (χ3n) is 6.58. The summed E-state index contributed by atoms with van der Waals surface area (Å²) < 4.78 is 16.0. The molecule has 202 valence electrons. The van der Waals surface area contributed by atoms with Gasteiger partial charge >= 0.3 is 0 Å². The van der Waals surface area contributed by atoms with Gasteiger partial charge in [0.1, 0.15) is 6.26 Å². The number of aliphatic hydroxyl groups is 1. The molecule has 0 saturated carbocycles. The SMILES string of the molecule is CO/C=C(/C=C(\C=C(/C)OC)c1cc(C(=O)NC(CO)Cc2c[nH]c3ccccc23)c2ccccc2c1)OC. The fourth-order valence-corrected chi connectivity index (χ4v) is 4.55. The van der Waals surface area contributed by atoms with Crippen molar-refractivity contribution in [2.75, 3.05) is 27.9 Å². The quantitative estimate of drug-likeness (QED) is 0.172. The highest BCUT2D eigenvalue weighted by molar-refractivity contribution is 6.08. The van der Waals surface area contributed by atoms with E-state index in [1.54, 1.807) is 21.3 Å². The second-order valence-electron chi connectivity index (χ2n) is 9.18. The molecule has 0 aliphatic heterocycles. The van der Waals surface area contributed by atoms with Crippen molar-refractivity contribution in [3.8, 4) is 0 Å².